The van der Waals surface area contributed by atoms with Crippen LogP contribution in [0.3, 0.4) is 0 Å². The van der Waals surface area contributed by atoms with Crippen molar-refractivity contribution < 1.29 is 14.3 Å². The molecule has 0 spiro atoms. The molecule has 1 saturated heterocycles. The second-order valence-corrected chi connectivity index (χ2v) is 8.58. The van der Waals surface area contributed by atoms with E-state index >= 15 is 0 Å². The highest BCUT2D eigenvalue weighted by Gasteiger charge is 2.27. The number of hydrogen-bond acceptors (Lipinski definition) is 4. The van der Waals surface area contributed by atoms with E-state index in [1.165, 1.54) is 11.3 Å². The highest BCUT2D eigenvalue weighted by Crippen LogP contribution is 2.25. The minimum absolute atomic E-state index is 0.172. The van der Waals surface area contributed by atoms with E-state index in [9.17, 15) is 4.79 Å². The minimum atomic E-state index is -0.421. The summed E-state index contributed by atoms with van der Waals surface area (Å²) >= 11 is 1.74. The Morgan fingerprint density at radius 3 is 2.92 bits per heavy atom. The molecule has 1 aromatic heterocycles. The molecule has 1 fully saturated rings. The van der Waals surface area contributed by atoms with E-state index in [0.717, 1.165) is 39.0 Å². The van der Waals surface area contributed by atoms with Crippen molar-refractivity contribution in [3.63, 3.8) is 0 Å². The van der Waals surface area contributed by atoms with Gasteiger partial charge in [0, 0.05) is 24.6 Å². The lowest BCUT2D eigenvalue weighted by atomic mass is 9.94. The molecule has 0 aliphatic carbocycles. The Kier molecular flexibility index (Phi) is 7.11. The van der Waals surface area contributed by atoms with E-state index < -0.39 is 5.60 Å². The summed E-state index contributed by atoms with van der Waals surface area (Å²) in [5.41, 5.74) is -0.421. The van der Waals surface area contributed by atoms with E-state index in [4.69, 9.17) is 9.47 Å². The van der Waals surface area contributed by atoms with Gasteiger partial charge in [-0.3, -0.25) is 0 Å². The van der Waals surface area contributed by atoms with Gasteiger partial charge in [-0.15, -0.1) is 11.3 Å². The Morgan fingerprint density at radius 1 is 1.46 bits per heavy atom. The molecule has 5 heteroatoms. The molecule has 0 unspecified atom stereocenters. The van der Waals surface area contributed by atoms with Gasteiger partial charge >= 0.3 is 6.09 Å². The maximum atomic E-state index is 12.2. The number of carbonyl (C=O) groups excluding carboxylic acids is 1. The van der Waals surface area contributed by atoms with E-state index in [1.807, 2.05) is 25.7 Å². The normalized spacial score (nSPS) is 20.0. The summed E-state index contributed by atoms with van der Waals surface area (Å²) in [4.78, 5) is 15.3. The largest absolute Gasteiger partial charge is 0.444 e. The number of amides is 1. The second kappa shape index (κ2) is 8.86. The molecule has 4 nitrogen and oxygen atoms in total. The lowest BCUT2D eigenvalue weighted by Crippen LogP contribution is -2.42. The maximum absolute atomic E-state index is 12.2. The number of piperidine rings is 1. The number of hydrogen-bond donors (Lipinski definition) is 0. The first kappa shape index (κ1) is 19.3. The van der Waals surface area contributed by atoms with Gasteiger partial charge in [-0.2, -0.15) is 0 Å². The van der Waals surface area contributed by atoms with Gasteiger partial charge in [-0.1, -0.05) is 6.07 Å². The van der Waals surface area contributed by atoms with Gasteiger partial charge < -0.3 is 14.4 Å². The molecular formula is C19H31NO3S. The van der Waals surface area contributed by atoms with Crippen molar-refractivity contribution >= 4 is 17.4 Å². The van der Waals surface area contributed by atoms with Crippen LogP contribution in [0, 0.1) is 5.92 Å². The lowest BCUT2D eigenvalue weighted by molar-refractivity contribution is 0.0149. The molecule has 0 N–H and O–H groups in total. The molecule has 2 atom stereocenters. The number of carbonyl (C=O) groups is 1. The molecule has 1 aromatic rings. The Morgan fingerprint density at radius 2 is 2.25 bits per heavy atom. The lowest BCUT2D eigenvalue weighted by Gasteiger charge is -2.34. The Bertz CT molecular complexity index is 495. The maximum Gasteiger partial charge on any atom is 0.410 e. The summed E-state index contributed by atoms with van der Waals surface area (Å²) in [7, 11) is 0. The standard InChI is InChI=1S/C19H31NO3S/c1-15(17-10-7-13-24-17)22-12-6-9-16-8-5-11-20(14-16)18(21)23-19(2,3)4/h7,10,13,15-16H,5-6,8-9,11-12,14H2,1-4H3/t15-,16-/m0/s1. The van der Waals surface area contributed by atoms with Crippen LogP contribution < -0.4 is 0 Å². The summed E-state index contributed by atoms with van der Waals surface area (Å²) in [6.45, 7) is 10.3. The zero-order valence-electron chi connectivity index (χ0n) is 15.4. The quantitative estimate of drug-likeness (QED) is 0.655. The first-order valence-corrected chi connectivity index (χ1v) is 9.86. The van der Waals surface area contributed by atoms with E-state index in [-0.39, 0.29) is 12.2 Å². The second-order valence-electron chi connectivity index (χ2n) is 7.61. The molecule has 1 aliphatic heterocycles. The molecule has 1 aliphatic rings. The monoisotopic (exact) mass is 353 g/mol. The third-order valence-corrected chi connectivity index (χ3v) is 5.27. The first-order valence-electron chi connectivity index (χ1n) is 8.98. The van der Waals surface area contributed by atoms with Gasteiger partial charge in [0.05, 0.1) is 6.10 Å². The van der Waals surface area contributed by atoms with Crippen LogP contribution in [0.5, 0.6) is 0 Å². The van der Waals surface area contributed by atoms with E-state index in [1.54, 1.807) is 11.3 Å². The molecule has 0 saturated carbocycles. The average molecular weight is 354 g/mol. The summed E-state index contributed by atoms with van der Waals surface area (Å²) < 4.78 is 11.4. The van der Waals surface area contributed by atoms with Crippen LogP contribution in [-0.2, 0) is 9.47 Å². The number of ether oxygens (including phenoxy) is 2. The van der Waals surface area contributed by atoms with Gasteiger partial charge in [-0.05, 0) is 70.7 Å². The van der Waals surface area contributed by atoms with Crippen molar-refractivity contribution in [2.75, 3.05) is 19.7 Å². The Hall–Kier alpha value is -1.07. The summed E-state index contributed by atoms with van der Waals surface area (Å²) in [5, 5.41) is 2.09. The van der Waals surface area contributed by atoms with Crippen molar-refractivity contribution in [2.45, 2.75) is 65.1 Å². The fourth-order valence-electron chi connectivity index (χ4n) is 3.03. The molecular weight excluding hydrogens is 322 g/mol. The predicted octanol–water partition coefficient (Wildman–Crippen LogP) is 5.25. The Labute approximate surface area is 150 Å². The van der Waals surface area contributed by atoms with Crippen LogP contribution in [0.2, 0.25) is 0 Å². The van der Waals surface area contributed by atoms with Gasteiger partial charge in [-0.25, -0.2) is 4.79 Å². The van der Waals surface area contributed by atoms with Crippen molar-refractivity contribution in [2.24, 2.45) is 5.92 Å². The van der Waals surface area contributed by atoms with Crippen molar-refractivity contribution in [1.29, 1.82) is 0 Å². The Balaban J connectivity index is 1.66. The van der Waals surface area contributed by atoms with Gasteiger partial charge in [0.15, 0.2) is 0 Å². The summed E-state index contributed by atoms with van der Waals surface area (Å²) in [6.07, 6.45) is 4.42. The zero-order chi connectivity index (χ0) is 17.6. The van der Waals surface area contributed by atoms with E-state index in [2.05, 4.69) is 24.4 Å². The topological polar surface area (TPSA) is 38.8 Å². The minimum Gasteiger partial charge on any atom is -0.444 e. The van der Waals surface area contributed by atoms with Crippen LogP contribution in [0.15, 0.2) is 17.5 Å². The molecule has 0 radical (unpaired) electrons. The van der Waals surface area contributed by atoms with Crippen molar-refractivity contribution in [3.05, 3.63) is 22.4 Å². The molecule has 0 bridgehead atoms. The fraction of sp³-hybridized carbons (Fsp3) is 0.737. The van der Waals surface area contributed by atoms with Gasteiger partial charge in [0.2, 0.25) is 0 Å². The van der Waals surface area contributed by atoms with Crippen LogP contribution >= 0.6 is 11.3 Å². The van der Waals surface area contributed by atoms with Crippen LogP contribution in [0.1, 0.15) is 64.4 Å². The van der Waals surface area contributed by atoms with E-state index in [0.29, 0.717) is 5.92 Å². The average Bonchev–Trinajstić information content (AvgIpc) is 3.04. The highest BCUT2D eigenvalue weighted by atomic mass is 32.1. The molecule has 2 rings (SSSR count). The first-order chi connectivity index (χ1) is 11.3. The smallest absolute Gasteiger partial charge is 0.410 e. The summed E-state index contributed by atoms with van der Waals surface area (Å²) in [6, 6.07) is 4.18. The third kappa shape index (κ3) is 6.44. The molecule has 136 valence electrons. The third-order valence-electron chi connectivity index (χ3n) is 4.24. The predicted molar refractivity (Wildman–Crippen MR) is 98.5 cm³/mol. The molecule has 24 heavy (non-hydrogen) atoms. The van der Waals surface area contributed by atoms with Crippen LogP contribution in [-0.4, -0.2) is 36.3 Å². The number of nitrogens with zero attached hydrogens (tertiary/aromatic N) is 1. The van der Waals surface area contributed by atoms with Gasteiger partial charge in [0.25, 0.3) is 0 Å². The zero-order valence-corrected chi connectivity index (χ0v) is 16.2. The number of likely N-dealkylation sites (tertiary alicyclic amines) is 1. The van der Waals surface area contributed by atoms with Gasteiger partial charge in [0.1, 0.15) is 5.60 Å². The van der Waals surface area contributed by atoms with Crippen LogP contribution in [0.25, 0.3) is 0 Å². The SMILES string of the molecule is C[C@H](OCCC[C@@H]1CCCN(C(=O)OC(C)(C)C)C1)c1cccs1. The fourth-order valence-corrected chi connectivity index (χ4v) is 3.76. The number of rotatable bonds is 6. The molecule has 0 aromatic carbocycles. The van der Waals surface area contributed by atoms with Crippen molar-refractivity contribution in [3.8, 4) is 0 Å². The molecule has 1 amide bonds. The molecule has 2 heterocycles. The van der Waals surface area contributed by atoms with Crippen molar-refractivity contribution in [1.82, 2.24) is 4.90 Å². The highest BCUT2D eigenvalue weighted by molar-refractivity contribution is 7.10. The number of thiophene rings is 1. The van der Waals surface area contributed by atoms with Crippen LogP contribution in [0.4, 0.5) is 4.79 Å². The summed E-state index contributed by atoms with van der Waals surface area (Å²) in [5.74, 6) is 0.562.